The van der Waals surface area contributed by atoms with E-state index in [1.54, 1.807) is 14.0 Å². The lowest BCUT2D eigenvalue weighted by Gasteiger charge is -2.37. The van der Waals surface area contributed by atoms with Crippen molar-refractivity contribution in [3.05, 3.63) is 87.8 Å². The van der Waals surface area contributed by atoms with Crippen LogP contribution in [0.4, 0.5) is 0 Å². The number of para-hydroxylation sites is 1. The zero-order valence-electron chi connectivity index (χ0n) is 24.7. The summed E-state index contributed by atoms with van der Waals surface area (Å²) in [6.07, 6.45) is 7.58. The first kappa shape index (κ1) is 32.8. The first-order chi connectivity index (χ1) is 19.3. The van der Waals surface area contributed by atoms with Crippen LogP contribution in [0.5, 0.6) is 5.75 Å². The van der Waals surface area contributed by atoms with Gasteiger partial charge in [0.25, 0.3) is 0 Å². The summed E-state index contributed by atoms with van der Waals surface area (Å²) in [6.45, 7) is 9.99. The van der Waals surface area contributed by atoms with E-state index < -0.39 is 5.92 Å². The number of thiol groups is 1. The van der Waals surface area contributed by atoms with Crippen molar-refractivity contribution >= 4 is 24.4 Å². The summed E-state index contributed by atoms with van der Waals surface area (Å²) in [5, 5.41) is 3.40. The lowest BCUT2D eigenvalue weighted by molar-refractivity contribution is -0.139. The monoisotopic (exact) mass is 561 g/mol. The number of ketones is 1. The molecule has 5 nitrogen and oxygen atoms in total. The van der Waals surface area contributed by atoms with Gasteiger partial charge in [0, 0.05) is 35.2 Å². The molecule has 1 heterocycles. The van der Waals surface area contributed by atoms with Crippen LogP contribution in [0.25, 0.3) is 0 Å². The summed E-state index contributed by atoms with van der Waals surface area (Å²) < 4.78 is 11.1. The molecule has 0 radical (unpaired) electrons. The Kier molecular flexibility index (Phi) is 13.6. The number of dihydropyridines is 1. The highest BCUT2D eigenvalue weighted by molar-refractivity contribution is 7.80. The van der Waals surface area contributed by atoms with Gasteiger partial charge >= 0.3 is 5.97 Å². The van der Waals surface area contributed by atoms with E-state index >= 15 is 0 Å². The van der Waals surface area contributed by atoms with Crippen LogP contribution >= 0.6 is 12.6 Å². The van der Waals surface area contributed by atoms with Crippen LogP contribution in [0, 0.1) is 19.3 Å². The van der Waals surface area contributed by atoms with Crippen molar-refractivity contribution in [1.29, 1.82) is 0 Å². The van der Waals surface area contributed by atoms with E-state index in [9.17, 15) is 9.59 Å². The van der Waals surface area contributed by atoms with Gasteiger partial charge in [-0.05, 0) is 63.0 Å². The molecule has 2 aliphatic rings. The van der Waals surface area contributed by atoms with E-state index in [0.717, 1.165) is 46.0 Å². The van der Waals surface area contributed by atoms with Gasteiger partial charge in [-0.3, -0.25) is 4.79 Å². The Labute approximate surface area is 245 Å². The highest BCUT2D eigenvalue weighted by Crippen LogP contribution is 2.46. The Hall–Kier alpha value is -3.43. The second-order valence-electron chi connectivity index (χ2n) is 9.82. The number of ether oxygens (including phenoxy) is 2. The number of rotatable bonds is 7. The molecule has 0 saturated carbocycles. The number of hydrogen-bond donors (Lipinski definition) is 2. The molecule has 0 spiro atoms. The maximum absolute atomic E-state index is 13.7. The largest absolute Gasteiger partial charge is 0.496 e. The van der Waals surface area contributed by atoms with Crippen LogP contribution in [0.3, 0.4) is 0 Å². The molecule has 2 unspecified atom stereocenters. The summed E-state index contributed by atoms with van der Waals surface area (Å²) in [5.41, 5.74) is 5.90. The average molecular weight is 562 g/mol. The Balaban J connectivity index is 0.000000722. The number of methoxy groups -OCH3 is 1. The Bertz CT molecular complexity index is 1270. The van der Waals surface area contributed by atoms with Gasteiger partial charge in [0.2, 0.25) is 0 Å². The third kappa shape index (κ3) is 8.29. The Morgan fingerprint density at radius 2 is 1.77 bits per heavy atom. The molecule has 2 aromatic rings. The fraction of sp³-hybridized carbons (Fsp3) is 0.412. The SMILES string of the molecule is C#CC.CCCOC(=O)C1=C(C)NC2=C(C(=O)CC(c3ccccc3OC)C2)C1c1cccc(C)c1.CCCS. The van der Waals surface area contributed by atoms with Gasteiger partial charge in [-0.25, -0.2) is 4.79 Å². The van der Waals surface area contributed by atoms with Gasteiger partial charge < -0.3 is 14.8 Å². The molecule has 2 aromatic carbocycles. The molecule has 6 heteroatoms. The first-order valence-electron chi connectivity index (χ1n) is 13.9. The fourth-order valence-electron chi connectivity index (χ4n) is 4.99. The Morgan fingerprint density at radius 1 is 1.10 bits per heavy atom. The number of aryl methyl sites for hydroxylation is 1. The van der Waals surface area contributed by atoms with Crippen molar-refractivity contribution in [3.63, 3.8) is 0 Å². The van der Waals surface area contributed by atoms with E-state index in [0.29, 0.717) is 30.6 Å². The van der Waals surface area contributed by atoms with E-state index in [1.165, 1.54) is 6.42 Å². The van der Waals surface area contributed by atoms with E-state index in [-0.39, 0.29) is 17.7 Å². The zero-order valence-corrected chi connectivity index (χ0v) is 25.6. The molecular formula is C34H43NO4S. The number of esters is 1. The number of hydrogen-bond acceptors (Lipinski definition) is 6. The normalized spacial score (nSPS) is 17.7. The molecule has 1 aliphatic heterocycles. The lowest BCUT2D eigenvalue weighted by Crippen LogP contribution is -2.36. The van der Waals surface area contributed by atoms with Crippen LogP contribution in [0.15, 0.2) is 71.1 Å². The van der Waals surface area contributed by atoms with E-state index in [2.05, 4.69) is 43.3 Å². The first-order valence-corrected chi connectivity index (χ1v) is 14.5. The number of carbonyl (C=O) groups is 2. The van der Waals surface area contributed by atoms with Crippen LogP contribution in [-0.4, -0.2) is 31.2 Å². The summed E-state index contributed by atoms with van der Waals surface area (Å²) in [7, 11) is 1.65. The van der Waals surface area contributed by atoms with Crippen LogP contribution in [-0.2, 0) is 14.3 Å². The average Bonchev–Trinajstić information content (AvgIpc) is 2.95. The third-order valence-electron chi connectivity index (χ3n) is 6.66. The third-order valence-corrected chi connectivity index (χ3v) is 7.11. The molecule has 1 N–H and O–H groups in total. The molecule has 1 aliphatic carbocycles. The molecule has 40 heavy (non-hydrogen) atoms. The van der Waals surface area contributed by atoms with E-state index in [4.69, 9.17) is 9.47 Å². The van der Waals surface area contributed by atoms with Crippen LogP contribution in [0.1, 0.15) is 81.9 Å². The number of carbonyl (C=O) groups excluding carboxylic acids is 2. The van der Waals surface area contributed by atoms with Gasteiger partial charge in [-0.1, -0.05) is 61.9 Å². The topological polar surface area (TPSA) is 64.6 Å². The van der Waals surface area contributed by atoms with Crippen LogP contribution in [0.2, 0.25) is 0 Å². The van der Waals surface area contributed by atoms with Crippen molar-refractivity contribution in [3.8, 4) is 18.1 Å². The summed E-state index contributed by atoms with van der Waals surface area (Å²) in [6, 6.07) is 15.9. The molecule has 2 atom stereocenters. The molecule has 214 valence electrons. The van der Waals surface area contributed by atoms with Gasteiger partial charge in [0.1, 0.15) is 5.75 Å². The molecule has 0 aromatic heterocycles. The van der Waals surface area contributed by atoms with E-state index in [1.807, 2.05) is 63.2 Å². The molecule has 4 rings (SSSR count). The minimum Gasteiger partial charge on any atom is -0.496 e. The predicted molar refractivity (Wildman–Crippen MR) is 167 cm³/mol. The molecular weight excluding hydrogens is 518 g/mol. The van der Waals surface area contributed by atoms with Crippen LogP contribution < -0.4 is 10.1 Å². The quantitative estimate of drug-likeness (QED) is 0.211. The smallest absolute Gasteiger partial charge is 0.336 e. The highest BCUT2D eigenvalue weighted by atomic mass is 32.1. The van der Waals surface area contributed by atoms with Crippen molar-refractivity contribution in [2.75, 3.05) is 19.5 Å². The second-order valence-corrected chi connectivity index (χ2v) is 10.3. The minimum atomic E-state index is -0.434. The minimum absolute atomic E-state index is 0.0134. The number of benzene rings is 2. The predicted octanol–water partition coefficient (Wildman–Crippen LogP) is 7.28. The highest BCUT2D eigenvalue weighted by Gasteiger charge is 2.41. The molecule has 0 fully saturated rings. The lowest BCUT2D eigenvalue weighted by atomic mass is 9.71. The van der Waals surface area contributed by atoms with Crippen molar-refractivity contribution in [2.45, 2.75) is 72.1 Å². The number of Topliss-reactive ketones (excluding diaryl/α,β-unsaturated/α-hetero) is 1. The fourth-order valence-corrected chi connectivity index (χ4v) is 4.99. The van der Waals surface area contributed by atoms with Crippen molar-refractivity contribution < 1.29 is 19.1 Å². The second kappa shape index (κ2) is 16.6. The number of terminal acetylenes is 1. The molecule has 0 bridgehead atoms. The van der Waals surface area contributed by atoms with Gasteiger partial charge in [-0.15, -0.1) is 12.3 Å². The van der Waals surface area contributed by atoms with Crippen molar-refractivity contribution in [1.82, 2.24) is 5.32 Å². The maximum atomic E-state index is 13.7. The molecule has 0 saturated heterocycles. The van der Waals surface area contributed by atoms with Gasteiger partial charge in [0.05, 0.1) is 19.3 Å². The van der Waals surface area contributed by atoms with Crippen molar-refractivity contribution in [2.24, 2.45) is 0 Å². The number of nitrogens with one attached hydrogen (secondary N) is 1. The summed E-state index contributed by atoms with van der Waals surface area (Å²) >= 11 is 3.92. The van der Waals surface area contributed by atoms with Gasteiger partial charge in [0.15, 0.2) is 5.78 Å². The molecule has 0 amide bonds. The standard InChI is InChI=1S/C28H31NO4.C3H8S.C3H4/c1-5-13-33-28(31)25-18(3)29-22-15-20(21-11-6-7-12-24(21)32-4)16-23(30)27(22)26(25)19-10-8-9-17(2)14-19;1-2-3-4;1-3-2/h6-12,14,20,26,29H,5,13,15-16H2,1-4H3;4H,2-3H2,1H3;1H,2H3. The summed E-state index contributed by atoms with van der Waals surface area (Å²) in [4.78, 5) is 26.8. The maximum Gasteiger partial charge on any atom is 0.336 e. The number of allylic oxidation sites excluding steroid dienone is 3. The summed E-state index contributed by atoms with van der Waals surface area (Å²) in [5.74, 6) is 3.33. The Morgan fingerprint density at radius 3 is 2.38 bits per heavy atom. The van der Waals surface area contributed by atoms with Gasteiger partial charge in [-0.2, -0.15) is 12.6 Å². The zero-order chi connectivity index (χ0) is 29.7.